The van der Waals surface area contributed by atoms with Crippen LogP contribution in [0.3, 0.4) is 0 Å². The average Bonchev–Trinajstić information content (AvgIpc) is 2.27. The van der Waals surface area contributed by atoms with Gasteiger partial charge in [0, 0.05) is 4.47 Å². The molecule has 0 aliphatic rings. The van der Waals surface area contributed by atoms with Gasteiger partial charge in [-0.25, -0.2) is 0 Å². The number of allylic oxidation sites excluding steroid dienone is 1. The van der Waals surface area contributed by atoms with Gasteiger partial charge in [-0.15, -0.1) is 0 Å². The second-order valence-corrected chi connectivity index (χ2v) is 4.87. The Hall–Kier alpha value is -1.42. The molecule has 0 aliphatic heterocycles. The van der Waals surface area contributed by atoms with E-state index in [0.717, 1.165) is 15.6 Å². The summed E-state index contributed by atoms with van der Waals surface area (Å²) < 4.78 is 5.93. The second-order valence-electron chi connectivity index (χ2n) is 3.96. The fourth-order valence-corrected chi connectivity index (χ4v) is 1.76. The molecule has 0 N–H and O–H groups in total. The van der Waals surface area contributed by atoms with Gasteiger partial charge in [0.25, 0.3) is 0 Å². The third-order valence-corrected chi connectivity index (χ3v) is 2.80. The normalized spacial score (nSPS) is 11.2. The van der Waals surface area contributed by atoms with E-state index in [1.165, 1.54) is 6.92 Å². The molecule has 0 radical (unpaired) electrons. The molecule has 1 aromatic carbocycles. The lowest BCUT2D eigenvalue weighted by Gasteiger charge is -2.04. The highest BCUT2D eigenvalue weighted by molar-refractivity contribution is 9.10. The lowest BCUT2D eigenvalue weighted by Crippen LogP contribution is -2.08. The van der Waals surface area contributed by atoms with E-state index in [2.05, 4.69) is 15.9 Å². The van der Waals surface area contributed by atoms with Gasteiger partial charge in [-0.05, 0) is 43.2 Å². The molecule has 1 aromatic rings. The van der Waals surface area contributed by atoms with Gasteiger partial charge in [0.1, 0.15) is 18.8 Å². The average molecular weight is 311 g/mol. The van der Waals surface area contributed by atoms with Crippen molar-refractivity contribution in [1.29, 1.82) is 0 Å². The summed E-state index contributed by atoms with van der Waals surface area (Å²) in [5, 5.41) is 0. The molecule has 0 aromatic heterocycles. The van der Waals surface area contributed by atoms with Crippen molar-refractivity contribution in [3.05, 3.63) is 40.4 Å². The first-order valence-electron chi connectivity index (χ1n) is 5.57. The summed E-state index contributed by atoms with van der Waals surface area (Å²) in [6.07, 6.45) is 1.66. The molecule has 0 spiro atoms. The van der Waals surface area contributed by atoms with Gasteiger partial charge in [-0.3, -0.25) is 9.59 Å². The highest BCUT2D eigenvalue weighted by Crippen LogP contribution is 2.18. The number of hydrogen-bond acceptors (Lipinski definition) is 3. The van der Waals surface area contributed by atoms with Crippen LogP contribution in [0.15, 0.2) is 34.8 Å². The summed E-state index contributed by atoms with van der Waals surface area (Å²) in [4.78, 5) is 21.8. The number of rotatable bonds is 5. The van der Waals surface area contributed by atoms with Gasteiger partial charge in [-0.2, -0.15) is 0 Å². The zero-order chi connectivity index (χ0) is 13.5. The summed E-state index contributed by atoms with van der Waals surface area (Å²) in [7, 11) is 0. The molecule has 0 bridgehead atoms. The zero-order valence-corrected chi connectivity index (χ0v) is 12.0. The lowest BCUT2D eigenvalue weighted by atomic mass is 10.1. The number of hydrogen-bond donors (Lipinski definition) is 0. The van der Waals surface area contributed by atoms with Crippen LogP contribution < -0.4 is 0 Å². The highest BCUT2D eigenvalue weighted by atomic mass is 79.9. The number of esters is 1. The minimum Gasteiger partial charge on any atom is -0.461 e. The molecule has 0 saturated heterocycles. The first-order valence-corrected chi connectivity index (χ1v) is 6.36. The number of carbonyl (C=O) groups is 2. The molecule has 0 aliphatic carbocycles. The van der Waals surface area contributed by atoms with E-state index in [4.69, 9.17) is 4.74 Å². The Balaban J connectivity index is 2.52. The van der Waals surface area contributed by atoms with Crippen LogP contribution in [-0.2, 0) is 14.3 Å². The molecule has 0 saturated carbocycles. The fraction of sp³-hybridized carbons (Fsp3) is 0.286. The smallest absolute Gasteiger partial charge is 0.313 e. The number of ketones is 1. The van der Waals surface area contributed by atoms with E-state index < -0.39 is 5.97 Å². The summed E-state index contributed by atoms with van der Waals surface area (Å²) in [6.45, 7) is 3.49. The maximum atomic E-state index is 11.1. The molecule has 0 heterocycles. The SMILES string of the molecule is CC(=O)CC(=O)OC/C=C(\C)c1cccc(Br)c1. The van der Waals surface area contributed by atoms with Crippen molar-refractivity contribution < 1.29 is 14.3 Å². The van der Waals surface area contributed by atoms with Crippen LogP contribution in [0.25, 0.3) is 5.57 Å². The number of ether oxygens (including phenoxy) is 1. The minimum absolute atomic E-state index is 0.163. The molecular weight excluding hydrogens is 296 g/mol. The Morgan fingerprint density at radius 3 is 2.67 bits per heavy atom. The summed E-state index contributed by atoms with van der Waals surface area (Å²) in [6, 6.07) is 7.86. The maximum Gasteiger partial charge on any atom is 0.313 e. The Morgan fingerprint density at radius 1 is 1.33 bits per heavy atom. The van der Waals surface area contributed by atoms with Crippen molar-refractivity contribution in [3.8, 4) is 0 Å². The molecule has 0 atom stereocenters. The number of benzene rings is 1. The summed E-state index contributed by atoms with van der Waals surface area (Å²) in [5.41, 5.74) is 2.08. The van der Waals surface area contributed by atoms with Crippen molar-refractivity contribution in [3.63, 3.8) is 0 Å². The van der Waals surface area contributed by atoms with E-state index >= 15 is 0 Å². The molecule has 0 fully saturated rings. The van der Waals surface area contributed by atoms with Crippen LogP contribution in [0.2, 0.25) is 0 Å². The van der Waals surface area contributed by atoms with Crippen LogP contribution in [-0.4, -0.2) is 18.4 Å². The lowest BCUT2D eigenvalue weighted by molar-refractivity contribution is -0.144. The van der Waals surface area contributed by atoms with E-state index in [0.29, 0.717) is 0 Å². The van der Waals surface area contributed by atoms with Crippen LogP contribution in [0.5, 0.6) is 0 Å². The van der Waals surface area contributed by atoms with Gasteiger partial charge in [-0.1, -0.05) is 28.1 Å². The number of halogens is 1. The maximum absolute atomic E-state index is 11.1. The first-order chi connectivity index (χ1) is 8.49. The van der Waals surface area contributed by atoms with Gasteiger partial charge >= 0.3 is 5.97 Å². The van der Waals surface area contributed by atoms with Gasteiger partial charge in [0.15, 0.2) is 0 Å². The minimum atomic E-state index is -0.485. The predicted molar refractivity (Wildman–Crippen MR) is 74.1 cm³/mol. The Kier molecular flexibility index (Phi) is 5.78. The molecular formula is C14H15BrO3. The molecule has 18 heavy (non-hydrogen) atoms. The van der Waals surface area contributed by atoms with Crippen LogP contribution >= 0.6 is 15.9 Å². The standard InChI is InChI=1S/C14H15BrO3/c1-10(12-4-3-5-13(15)9-12)6-7-18-14(17)8-11(2)16/h3-6,9H,7-8H2,1-2H3/b10-6+. The van der Waals surface area contributed by atoms with Crippen LogP contribution in [0.4, 0.5) is 0 Å². The van der Waals surface area contributed by atoms with Gasteiger partial charge < -0.3 is 4.74 Å². The Labute approximate surface area is 115 Å². The van der Waals surface area contributed by atoms with Crippen LogP contribution in [0, 0.1) is 0 Å². The third kappa shape index (κ3) is 5.27. The first kappa shape index (κ1) is 14.6. The van der Waals surface area contributed by atoms with Crippen molar-refractivity contribution in [2.24, 2.45) is 0 Å². The summed E-state index contributed by atoms with van der Waals surface area (Å²) >= 11 is 3.40. The van der Waals surface area contributed by atoms with Gasteiger partial charge in [0.05, 0.1) is 0 Å². The highest BCUT2D eigenvalue weighted by Gasteiger charge is 2.05. The van der Waals surface area contributed by atoms with E-state index in [1.807, 2.05) is 37.3 Å². The predicted octanol–water partition coefficient (Wildman–Crippen LogP) is 3.37. The van der Waals surface area contributed by atoms with Crippen molar-refractivity contribution in [2.75, 3.05) is 6.61 Å². The Morgan fingerprint density at radius 2 is 2.06 bits per heavy atom. The molecule has 0 amide bonds. The molecule has 1 rings (SSSR count). The number of Topliss-reactive ketones (excluding diaryl/α,β-unsaturated/α-hetero) is 1. The topological polar surface area (TPSA) is 43.4 Å². The second kappa shape index (κ2) is 7.11. The van der Waals surface area contributed by atoms with E-state index in [-0.39, 0.29) is 18.8 Å². The fourth-order valence-electron chi connectivity index (χ4n) is 1.37. The largest absolute Gasteiger partial charge is 0.461 e. The third-order valence-electron chi connectivity index (χ3n) is 2.31. The summed E-state index contributed by atoms with van der Waals surface area (Å²) in [5.74, 6) is -0.673. The Bertz CT molecular complexity index is 478. The van der Waals surface area contributed by atoms with E-state index in [1.54, 1.807) is 0 Å². The monoisotopic (exact) mass is 310 g/mol. The van der Waals surface area contributed by atoms with Crippen molar-refractivity contribution in [2.45, 2.75) is 20.3 Å². The molecule has 0 unspecified atom stereocenters. The quantitative estimate of drug-likeness (QED) is 0.618. The number of carbonyl (C=O) groups excluding carboxylic acids is 2. The van der Waals surface area contributed by atoms with Crippen molar-refractivity contribution in [1.82, 2.24) is 0 Å². The van der Waals surface area contributed by atoms with E-state index in [9.17, 15) is 9.59 Å². The zero-order valence-electron chi connectivity index (χ0n) is 10.4. The molecule has 3 nitrogen and oxygen atoms in total. The molecule has 96 valence electrons. The molecule has 4 heteroatoms. The van der Waals surface area contributed by atoms with Crippen molar-refractivity contribution >= 4 is 33.3 Å². The van der Waals surface area contributed by atoms with Gasteiger partial charge in [0.2, 0.25) is 0 Å². The van der Waals surface area contributed by atoms with Crippen LogP contribution in [0.1, 0.15) is 25.8 Å².